The van der Waals surface area contributed by atoms with Gasteiger partial charge in [-0.1, -0.05) is 6.07 Å². The number of hydrogen-bond donors (Lipinski definition) is 1. The lowest BCUT2D eigenvalue weighted by Crippen LogP contribution is -2.49. The van der Waals surface area contributed by atoms with Gasteiger partial charge in [0.25, 0.3) is 5.69 Å². The molecule has 2 aliphatic rings. The molecular formula is C14H20N4O2. The lowest BCUT2D eigenvalue weighted by Gasteiger charge is -2.37. The highest BCUT2D eigenvalue weighted by Gasteiger charge is 2.30. The number of piperazine rings is 1. The molecule has 108 valence electrons. The first-order valence-electron chi connectivity index (χ1n) is 7.12. The quantitative estimate of drug-likeness (QED) is 0.514. The first kappa shape index (κ1) is 13.3. The lowest BCUT2D eigenvalue weighted by molar-refractivity contribution is -0.383. The molecule has 3 rings (SSSR count). The number of hydrogen-bond acceptors (Lipinski definition) is 5. The Morgan fingerprint density at radius 1 is 1.35 bits per heavy atom. The Kier molecular flexibility index (Phi) is 3.58. The average Bonchev–Trinajstić information content (AvgIpc) is 2.85. The zero-order valence-electron chi connectivity index (χ0n) is 11.5. The summed E-state index contributed by atoms with van der Waals surface area (Å²) in [6, 6.07) is 5.75. The van der Waals surface area contributed by atoms with Gasteiger partial charge in [0.05, 0.1) is 4.92 Å². The molecule has 2 N–H and O–H groups in total. The maximum Gasteiger partial charge on any atom is 0.292 e. The normalized spacial score (nSPS) is 23.7. The van der Waals surface area contributed by atoms with Crippen molar-refractivity contribution in [3.63, 3.8) is 0 Å². The fourth-order valence-electron chi connectivity index (χ4n) is 3.33. The van der Waals surface area contributed by atoms with E-state index in [1.165, 1.54) is 25.5 Å². The van der Waals surface area contributed by atoms with E-state index in [9.17, 15) is 10.1 Å². The van der Waals surface area contributed by atoms with Crippen LogP contribution in [0.4, 0.5) is 11.4 Å². The third-order valence-corrected chi connectivity index (χ3v) is 4.37. The van der Waals surface area contributed by atoms with E-state index in [2.05, 4.69) is 9.80 Å². The fourth-order valence-corrected chi connectivity index (χ4v) is 3.33. The SMILES string of the molecule is Nc1cc(CN2CCN3CCCC3C2)ccc1[N+](=O)[O-]. The van der Waals surface area contributed by atoms with Gasteiger partial charge in [-0.05, 0) is 31.0 Å². The molecule has 2 saturated heterocycles. The summed E-state index contributed by atoms with van der Waals surface area (Å²) in [4.78, 5) is 15.3. The molecule has 1 atom stereocenters. The van der Waals surface area contributed by atoms with E-state index < -0.39 is 4.92 Å². The van der Waals surface area contributed by atoms with E-state index in [1.807, 2.05) is 6.07 Å². The predicted octanol–water partition coefficient (Wildman–Crippen LogP) is 1.46. The van der Waals surface area contributed by atoms with Crippen molar-refractivity contribution in [2.75, 3.05) is 31.9 Å². The third-order valence-electron chi connectivity index (χ3n) is 4.37. The van der Waals surface area contributed by atoms with Crippen LogP contribution in [0.3, 0.4) is 0 Å². The minimum atomic E-state index is -0.434. The summed E-state index contributed by atoms with van der Waals surface area (Å²) in [6.45, 7) is 5.35. The van der Waals surface area contributed by atoms with E-state index in [0.717, 1.165) is 31.7 Å². The van der Waals surface area contributed by atoms with Gasteiger partial charge in [0, 0.05) is 38.3 Å². The maximum absolute atomic E-state index is 10.8. The van der Waals surface area contributed by atoms with Gasteiger partial charge in [0.15, 0.2) is 0 Å². The molecule has 20 heavy (non-hydrogen) atoms. The van der Waals surface area contributed by atoms with Crippen molar-refractivity contribution >= 4 is 11.4 Å². The standard InChI is InChI=1S/C14H20N4O2/c15-13-8-11(3-4-14(13)18(19)20)9-16-6-7-17-5-1-2-12(17)10-16/h3-4,8,12H,1-2,5-7,9-10,15H2. The molecule has 0 aromatic heterocycles. The molecule has 0 saturated carbocycles. The molecule has 0 radical (unpaired) electrons. The molecule has 2 heterocycles. The number of nitro benzene ring substituents is 1. The predicted molar refractivity (Wildman–Crippen MR) is 77.4 cm³/mol. The van der Waals surface area contributed by atoms with E-state index >= 15 is 0 Å². The summed E-state index contributed by atoms with van der Waals surface area (Å²) in [6.07, 6.45) is 2.60. The van der Waals surface area contributed by atoms with Crippen LogP contribution in [0.5, 0.6) is 0 Å². The second-order valence-electron chi connectivity index (χ2n) is 5.72. The number of fused-ring (bicyclic) bond motifs is 1. The molecule has 2 aliphatic heterocycles. The van der Waals surface area contributed by atoms with Crippen molar-refractivity contribution in [2.45, 2.75) is 25.4 Å². The Balaban J connectivity index is 1.66. The van der Waals surface area contributed by atoms with Crippen LogP contribution in [0.1, 0.15) is 18.4 Å². The Hall–Kier alpha value is -1.66. The topological polar surface area (TPSA) is 75.6 Å². The largest absolute Gasteiger partial charge is 0.393 e. The molecule has 1 aromatic carbocycles. The summed E-state index contributed by atoms with van der Waals surface area (Å²) in [5, 5.41) is 10.8. The van der Waals surface area contributed by atoms with Crippen LogP contribution in [-0.2, 0) is 6.54 Å². The molecule has 2 fully saturated rings. The smallest absolute Gasteiger partial charge is 0.292 e. The van der Waals surface area contributed by atoms with E-state index in [0.29, 0.717) is 6.04 Å². The molecule has 0 aliphatic carbocycles. The highest BCUT2D eigenvalue weighted by Crippen LogP contribution is 2.25. The number of nitrogen functional groups attached to an aromatic ring is 1. The number of rotatable bonds is 3. The summed E-state index contributed by atoms with van der Waals surface area (Å²) < 4.78 is 0. The number of nitro groups is 1. The van der Waals surface area contributed by atoms with Gasteiger partial charge in [-0.3, -0.25) is 19.9 Å². The first-order chi connectivity index (χ1) is 9.63. The zero-order valence-corrected chi connectivity index (χ0v) is 11.5. The first-order valence-corrected chi connectivity index (χ1v) is 7.12. The van der Waals surface area contributed by atoms with Crippen molar-refractivity contribution in [2.24, 2.45) is 0 Å². The molecule has 0 bridgehead atoms. The Labute approximate surface area is 118 Å². The highest BCUT2D eigenvalue weighted by molar-refractivity contribution is 5.59. The Morgan fingerprint density at radius 2 is 2.20 bits per heavy atom. The average molecular weight is 276 g/mol. The minimum Gasteiger partial charge on any atom is -0.393 e. The van der Waals surface area contributed by atoms with E-state index in [-0.39, 0.29) is 11.4 Å². The van der Waals surface area contributed by atoms with Crippen LogP contribution in [0, 0.1) is 10.1 Å². The summed E-state index contributed by atoms with van der Waals surface area (Å²) >= 11 is 0. The third kappa shape index (κ3) is 2.62. The monoisotopic (exact) mass is 276 g/mol. The minimum absolute atomic E-state index is 0.00522. The van der Waals surface area contributed by atoms with Gasteiger partial charge >= 0.3 is 0 Å². The lowest BCUT2D eigenvalue weighted by atomic mass is 10.1. The van der Waals surface area contributed by atoms with Gasteiger partial charge in [0.2, 0.25) is 0 Å². The van der Waals surface area contributed by atoms with Crippen LogP contribution < -0.4 is 5.73 Å². The van der Waals surface area contributed by atoms with Crippen molar-refractivity contribution in [1.82, 2.24) is 9.80 Å². The number of benzene rings is 1. The van der Waals surface area contributed by atoms with Crippen molar-refractivity contribution in [3.05, 3.63) is 33.9 Å². The molecule has 1 unspecified atom stereocenters. The Bertz CT molecular complexity index is 520. The van der Waals surface area contributed by atoms with Crippen molar-refractivity contribution in [3.8, 4) is 0 Å². The number of nitrogens with two attached hydrogens (primary N) is 1. The molecule has 6 nitrogen and oxygen atoms in total. The molecule has 0 spiro atoms. The van der Waals surface area contributed by atoms with Gasteiger partial charge < -0.3 is 5.73 Å². The summed E-state index contributed by atoms with van der Waals surface area (Å²) in [5.74, 6) is 0. The Morgan fingerprint density at radius 3 is 2.95 bits per heavy atom. The molecular weight excluding hydrogens is 256 g/mol. The van der Waals surface area contributed by atoms with Gasteiger partial charge in [-0.2, -0.15) is 0 Å². The maximum atomic E-state index is 10.8. The molecule has 1 aromatic rings. The van der Waals surface area contributed by atoms with E-state index in [1.54, 1.807) is 6.07 Å². The van der Waals surface area contributed by atoms with Crippen LogP contribution in [0.15, 0.2) is 18.2 Å². The van der Waals surface area contributed by atoms with Gasteiger partial charge in [-0.15, -0.1) is 0 Å². The second kappa shape index (κ2) is 5.38. The molecule has 6 heteroatoms. The molecule has 0 amide bonds. The highest BCUT2D eigenvalue weighted by atomic mass is 16.6. The van der Waals surface area contributed by atoms with Crippen LogP contribution in [-0.4, -0.2) is 46.9 Å². The summed E-state index contributed by atoms with van der Waals surface area (Å²) in [5.41, 5.74) is 7.05. The van der Waals surface area contributed by atoms with Crippen LogP contribution in [0.2, 0.25) is 0 Å². The van der Waals surface area contributed by atoms with Gasteiger partial charge in [-0.25, -0.2) is 0 Å². The van der Waals surface area contributed by atoms with Crippen LogP contribution >= 0.6 is 0 Å². The number of anilines is 1. The van der Waals surface area contributed by atoms with Crippen molar-refractivity contribution < 1.29 is 4.92 Å². The number of nitrogens with zero attached hydrogens (tertiary/aromatic N) is 3. The van der Waals surface area contributed by atoms with E-state index in [4.69, 9.17) is 5.73 Å². The second-order valence-corrected chi connectivity index (χ2v) is 5.72. The fraction of sp³-hybridized carbons (Fsp3) is 0.571. The van der Waals surface area contributed by atoms with Gasteiger partial charge in [0.1, 0.15) is 5.69 Å². The van der Waals surface area contributed by atoms with Crippen LogP contribution in [0.25, 0.3) is 0 Å². The van der Waals surface area contributed by atoms with Crippen molar-refractivity contribution in [1.29, 1.82) is 0 Å². The summed E-state index contributed by atoms with van der Waals surface area (Å²) in [7, 11) is 0. The zero-order chi connectivity index (χ0) is 14.1.